The highest BCUT2D eigenvalue weighted by atomic mass is 16.5. The molecule has 0 bridgehead atoms. The molecule has 0 aliphatic carbocycles. The summed E-state index contributed by atoms with van der Waals surface area (Å²) in [7, 11) is 3.28. The molecular formula is C27H32N6O3. The van der Waals surface area contributed by atoms with Crippen molar-refractivity contribution in [1.29, 1.82) is 0 Å². The first-order chi connectivity index (χ1) is 17.4. The van der Waals surface area contributed by atoms with Gasteiger partial charge in [0.25, 0.3) is 5.56 Å². The van der Waals surface area contributed by atoms with Gasteiger partial charge in [0.05, 0.1) is 12.5 Å². The van der Waals surface area contributed by atoms with Crippen LogP contribution in [0, 0.1) is 0 Å². The Bertz CT molecular complexity index is 1380. The minimum atomic E-state index is -0.178. The molecule has 0 saturated heterocycles. The smallest absolute Gasteiger partial charge is 0.259 e. The van der Waals surface area contributed by atoms with Crippen LogP contribution in [0.25, 0.3) is 22.2 Å². The van der Waals surface area contributed by atoms with Gasteiger partial charge >= 0.3 is 0 Å². The fraction of sp³-hybridized carbons (Fsp3) is 0.296. The largest absolute Gasteiger partial charge is 0.497 e. The van der Waals surface area contributed by atoms with E-state index in [-0.39, 0.29) is 11.4 Å². The Hall–Kier alpha value is -4.11. The van der Waals surface area contributed by atoms with E-state index in [4.69, 9.17) is 15.2 Å². The number of ether oxygens (including phenoxy) is 2. The van der Waals surface area contributed by atoms with E-state index in [1.807, 2.05) is 48.5 Å². The lowest BCUT2D eigenvalue weighted by molar-refractivity contribution is 0.223. The Kier molecular flexibility index (Phi) is 7.70. The number of anilines is 3. The molecule has 0 atom stereocenters. The number of nitrogens with two attached hydrogens (primary N) is 1. The van der Waals surface area contributed by atoms with E-state index in [1.165, 1.54) is 4.57 Å². The van der Waals surface area contributed by atoms with Crippen LogP contribution in [0.2, 0.25) is 0 Å². The molecule has 0 unspecified atom stereocenters. The van der Waals surface area contributed by atoms with E-state index < -0.39 is 0 Å². The lowest BCUT2D eigenvalue weighted by Crippen LogP contribution is -2.27. The van der Waals surface area contributed by atoms with Crippen LogP contribution in [-0.4, -0.2) is 52.8 Å². The van der Waals surface area contributed by atoms with Gasteiger partial charge in [-0.1, -0.05) is 26.0 Å². The number of nitrogens with zero attached hydrogens (tertiary/aromatic N) is 4. The second-order valence-electron chi connectivity index (χ2n) is 8.35. The maximum Gasteiger partial charge on any atom is 0.259 e. The van der Waals surface area contributed by atoms with Crippen LogP contribution in [0.4, 0.5) is 17.5 Å². The second-order valence-corrected chi connectivity index (χ2v) is 8.35. The van der Waals surface area contributed by atoms with Gasteiger partial charge in [-0.2, -0.15) is 9.97 Å². The molecule has 4 aromatic rings. The predicted molar refractivity (Wildman–Crippen MR) is 144 cm³/mol. The summed E-state index contributed by atoms with van der Waals surface area (Å²) in [4.78, 5) is 24.4. The molecule has 2 heterocycles. The standard InChI is InChI=1S/C27H32N6O3/c1-5-33(6-2)15-16-36-21-13-9-19(10-14-21)29-27-30-24(28)23-17-22(26(34)32(3)25(23)31-27)18-7-11-20(35-4)12-8-18/h7-14,17H,5-6,15-16H2,1-4H3,(H3,28,29,30,31). The minimum Gasteiger partial charge on any atom is -0.497 e. The topological polar surface area (TPSA) is 108 Å². The molecule has 9 nitrogen and oxygen atoms in total. The van der Waals surface area contributed by atoms with Crippen LogP contribution in [-0.2, 0) is 7.05 Å². The highest BCUT2D eigenvalue weighted by molar-refractivity contribution is 5.90. The first kappa shape index (κ1) is 25.0. The number of nitrogens with one attached hydrogen (secondary N) is 1. The number of methoxy groups -OCH3 is 1. The number of fused-ring (bicyclic) bond motifs is 1. The molecule has 188 valence electrons. The fourth-order valence-corrected chi connectivity index (χ4v) is 3.98. The number of aromatic nitrogens is 3. The number of benzene rings is 2. The lowest BCUT2D eigenvalue weighted by Gasteiger charge is -2.18. The quantitative estimate of drug-likeness (QED) is 0.344. The average Bonchev–Trinajstić information content (AvgIpc) is 2.90. The predicted octanol–water partition coefficient (Wildman–Crippen LogP) is 4.05. The number of hydrogen-bond acceptors (Lipinski definition) is 8. The Balaban J connectivity index is 1.54. The van der Waals surface area contributed by atoms with E-state index in [0.717, 1.165) is 36.6 Å². The summed E-state index contributed by atoms with van der Waals surface area (Å²) < 4.78 is 12.5. The van der Waals surface area contributed by atoms with Gasteiger partial charge in [0.1, 0.15) is 29.6 Å². The van der Waals surface area contributed by atoms with Crippen LogP contribution >= 0.6 is 0 Å². The van der Waals surface area contributed by atoms with Crippen molar-refractivity contribution in [3.05, 3.63) is 65.0 Å². The van der Waals surface area contributed by atoms with Crippen molar-refractivity contribution in [3.63, 3.8) is 0 Å². The van der Waals surface area contributed by atoms with Gasteiger partial charge in [0, 0.05) is 24.8 Å². The van der Waals surface area contributed by atoms with Crippen LogP contribution in [0.5, 0.6) is 11.5 Å². The van der Waals surface area contributed by atoms with Crippen molar-refractivity contribution in [2.45, 2.75) is 13.8 Å². The molecule has 0 saturated carbocycles. The van der Waals surface area contributed by atoms with Gasteiger partial charge in [0.15, 0.2) is 0 Å². The zero-order chi connectivity index (χ0) is 25.7. The number of aryl methyl sites for hydroxylation is 1. The molecule has 0 radical (unpaired) electrons. The fourth-order valence-electron chi connectivity index (χ4n) is 3.98. The number of nitrogen functional groups attached to an aromatic ring is 1. The van der Waals surface area contributed by atoms with Gasteiger partial charge in [-0.3, -0.25) is 9.36 Å². The molecule has 0 fully saturated rings. The summed E-state index contributed by atoms with van der Waals surface area (Å²) in [6, 6.07) is 16.6. The number of rotatable bonds is 10. The van der Waals surface area contributed by atoms with E-state index in [1.54, 1.807) is 20.2 Å². The highest BCUT2D eigenvalue weighted by Gasteiger charge is 2.14. The average molecular weight is 489 g/mol. The summed E-state index contributed by atoms with van der Waals surface area (Å²) in [5.41, 5.74) is 8.63. The zero-order valence-corrected chi connectivity index (χ0v) is 21.1. The summed E-state index contributed by atoms with van der Waals surface area (Å²) in [5, 5.41) is 3.77. The molecule has 36 heavy (non-hydrogen) atoms. The van der Waals surface area contributed by atoms with Crippen molar-refractivity contribution in [2.75, 3.05) is 44.4 Å². The maximum absolute atomic E-state index is 13.1. The molecule has 0 aliphatic heterocycles. The van der Waals surface area contributed by atoms with Gasteiger partial charge in [-0.05, 0) is 61.1 Å². The zero-order valence-electron chi connectivity index (χ0n) is 21.1. The van der Waals surface area contributed by atoms with E-state index in [2.05, 4.69) is 34.0 Å². The monoisotopic (exact) mass is 488 g/mol. The first-order valence-corrected chi connectivity index (χ1v) is 12.0. The molecule has 9 heteroatoms. The third-order valence-corrected chi connectivity index (χ3v) is 6.18. The number of hydrogen-bond donors (Lipinski definition) is 2. The van der Waals surface area contributed by atoms with E-state index >= 15 is 0 Å². The normalized spacial score (nSPS) is 11.1. The third kappa shape index (κ3) is 5.41. The van der Waals surface area contributed by atoms with Gasteiger partial charge in [-0.15, -0.1) is 0 Å². The molecular weight excluding hydrogens is 456 g/mol. The van der Waals surface area contributed by atoms with Crippen molar-refractivity contribution in [2.24, 2.45) is 7.05 Å². The van der Waals surface area contributed by atoms with Crippen molar-refractivity contribution < 1.29 is 9.47 Å². The lowest BCUT2D eigenvalue weighted by atomic mass is 10.1. The van der Waals surface area contributed by atoms with Crippen LogP contribution in [0.1, 0.15) is 13.8 Å². The van der Waals surface area contributed by atoms with Gasteiger partial charge in [0.2, 0.25) is 5.95 Å². The van der Waals surface area contributed by atoms with Crippen LogP contribution in [0.15, 0.2) is 59.4 Å². The summed E-state index contributed by atoms with van der Waals surface area (Å²) in [5.74, 6) is 2.10. The Labute approximate surface area is 210 Å². The Morgan fingerprint density at radius 1 is 1.00 bits per heavy atom. The maximum atomic E-state index is 13.1. The number of likely N-dealkylation sites (N-methyl/N-ethyl adjacent to an activating group) is 1. The SMILES string of the molecule is CCN(CC)CCOc1ccc(Nc2nc(N)c3cc(-c4ccc(OC)cc4)c(=O)n(C)c3n2)cc1. The van der Waals surface area contributed by atoms with Crippen molar-refractivity contribution >= 4 is 28.5 Å². The molecule has 3 N–H and O–H groups in total. The third-order valence-electron chi connectivity index (χ3n) is 6.18. The molecule has 0 amide bonds. The van der Waals surface area contributed by atoms with Crippen molar-refractivity contribution in [1.82, 2.24) is 19.4 Å². The van der Waals surface area contributed by atoms with Gasteiger partial charge < -0.3 is 25.4 Å². The first-order valence-electron chi connectivity index (χ1n) is 12.0. The summed E-state index contributed by atoms with van der Waals surface area (Å²) in [6.45, 7) is 7.81. The molecule has 2 aromatic carbocycles. The Morgan fingerprint density at radius 3 is 2.31 bits per heavy atom. The molecule has 0 spiro atoms. The van der Waals surface area contributed by atoms with E-state index in [9.17, 15) is 4.79 Å². The highest BCUT2D eigenvalue weighted by Crippen LogP contribution is 2.26. The molecule has 0 aliphatic rings. The molecule has 2 aromatic heterocycles. The minimum absolute atomic E-state index is 0.178. The van der Waals surface area contributed by atoms with Gasteiger partial charge in [-0.25, -0.2) is 0 Å². The van der Waals surface area contributed by atoms with Crippen LogP contribution in [0.3, 0.4) is 0 Å². The summed E-state index contributed by atoms with van der Waals surface area (Å²) in [6.07, 6.45) is 0. The number of pyridine rings is 1. The van der Waals surface area contributed by atoms with Crippen LogP contribution < -0.4 is 26.1 Å². The van der Waals surface area contributed by atoms with E-state index in [0.29, 0.717) is 34.9 Å². The Morgan fingerprint density at radius 2 is 1.67 bits per heavy atom. The summed E-state index contributed by atoms with van der Waals surface area (Å²) >= 11 is 0. The molecule has 4 rings (SSSR count). The van der Waals surface area contributed by atoms with Crippen molar-refractivity contribution in [3.8, 4) is 22.6 Å². The second kappa shape index (κ2) is 11.1.